The van der Waals surface area contributed by atoms with Gasteiger partial charge in [-0.15, -0.1) is 0 Å². The van der Waals surface area contributed by atoms with Gasteiger partial charge in [0.1, 0.15) is 5.75 Å². The van der Waals surface area contributed by atoms with Gasteiger partial charge in [0.15, 0.2) is 5.75 Å². The van der Waals surface area contributed by atoms with Crippen molar-refractivity contribution < 1.29 is 14.6 Å². The number of benzene rings is 2. The number of carbonyl (C=O) groups is 1. The SMILES string of the molecule is CC(CCO)CNC(=O)Nc1ccccc1Oc1ccccc1. The molecule has 2 rings (SSSR count). The molecule has 122 valence electrons. The fraction of sp³-hybridized carbons (Fsp3) is 0.278. The molecule has 23 heavy (non-hydrogen) atoms. The summed E-state index contributed by atoms with van der Waals surface area (Å²) in [5, 5.41) is 14.4. The third-order valence-corrected chi connectivity index (χ3v) is 3.34. The van der Waals surface area contributed by atoms with E-state index in [0.717, 1.165) is 0 Å². The molecule has 1 unspecified atom stereocenters. The second-order valence-electron chi connectivity index (χ2n) is 5.36. The van der Waals surface area contributed by atoms with E-state index in [1.165, 1.54) is 0 Å². The molecule has 2 amide bonds. The minimum Gasteiger partial charge on any atom is -0.455 e. The highest BCUT2D eigenvalue weighted by Gasteiger charge is 2.09. The number of rotatable bonds is 7. The highest BCUT2D eigenvalue weighted by atomic mass is 16.5. The van der Waals surface area contributed by atoms with Gasteiger partial charge >= 0.3 is 6.03 Å². The first-order chi connectivity index (χ1) is 11.2. The molecule has 0 aliphatic rings. The fourth-order valence-electron chi connectivity index (χ4n) is 2.03. The van der Waals surface area contributed by atoms with E-state index in [2.05, 4.69) is 10.6 Å². The van der Waals surface area contributed by atoms with Crippen LogP contribution in [0, 0.1) is 5.92 Å². The lowest BCUT2D eigenvalue weighted by Crippen LogP contribution is -2.32. The number of amides is 2. The molecule has 5 heteroatoms. The van der Waals surface area contributed by atoms with Crippen LogP contribution in [0.25, 0.3) is 0 Å². The van der Waals surface area contributed by atoms with Gasteiger partial charge in [-0.2, -0.15) is 0 Å². The first-order valence-corrected chi connectivity index (χ1v) is 7.66. The Balaban J connectivity index is 1.96. The van der Waals surface area contributed by atoms with E-state index in [9.17, 15) is 4.79 Å². The molecule has 0 saturated carbocycles. The molecule has 2 aromatic rings. The van der Waals surface area contributed by atoms with Crippen molar-refractivity contribution in [3.8, 4) is 11.5 Å². The first-order valence-electron chi connectivity index (χ1n) is 7.66. The topological polar surface area (TPSA) is 70.6 Å². The van der Waals surface area contributed by atoms with Crippen molar-refractivity contribution in [3.63, 3.8) is 0 Å². The lowest BCUT2D eigenvalue weighted by molar-refractivity contribution is 0.243. The predicted octanol–water partition coefficient (Wildman–Crippen LogP) is 3.62. The molecular formula is C18H22N2O3. The molecule has 0 aromatic heterocycles. The lowest BCUT2D eigenvalue weighted by atomic mass is 10.1. The maximum atomic E-state index is 12.0. The van der Waals surface area contributed by atoms with Crippen molar-refractivity contribution >= 4 is 11.7 Å². The molecular weight excluding hydrogens is 292 g/mol. The van der Waals surface area contributed by atoms with Crippen LogP contribution < -0.4 is 15.4 Å². The quantitative estimate of drug-likeness (QED) is 0.731. The Hall–Kier alpha value is -2.53. The van der Waals surface area contributed by atoms with Gasteiger partial charge in [0.05, 0.1) is 5.69 Å². The highest BCUT2D eigenvalue weighted by Crippen LogP contribution is 2.28. The molecule has 2 aromatic carbocycles. The normalized spacial score (nSPS) is 11.6. The van der Waals surface area contributed by atoms with Gasteiger partial charge < -0.3 is 20.5 Å². The molecule has 0 heterocycles. The Bertz CT molecular complexity index is 617. The van der Waals surface area contributed by atoms with Crippen LogP contribution >= 0.6 is 0 Å². The fourth-order valence-corrected chi connectivity index (χ4v) is 2.03. The van der Waals surface area contributed by atoms with Crippen molar-refractivity contribution in [2.75, 3.05) is 18.5 Å². The third-order valence-electron chi connectivity index (χ3n) is 3.34. The molecule has 0 saturated heterocycles. The Labute approximate surface area is 136 Å². The van der Waals surface area contributed by atoms with Crippen molar-refractivity contribution in [2.24, 2.45) is 5.92 Å². The van der Waals surface area contributed by atoms with Gasteiger partial charge in [-0.1, -0.05) is 37.3 Å². The highest BCUT2D eigenvalue weighted by molar-refractivity contribution is 5.90. The van der Waals surface area contributed by atoms with Crippen LogP contribution in [0.5, 0.6) is 11.5 Å². The second kappa shape index (κ2) is 8.80. The number of para-hydroxylation sites is 3. The van der Waals surface area contributed by atoms with E-state index in [-0.39, 0.29) is 18.6 Å². The van der Waals surface area contributed by atoms with Crippen LogP contribution in [0.3, 0.4) is 0 Å². The number of aliphatic hydroxyl groups is 1. The van der Waals surface area contributed by atoms with Gasteiger partial charge in [0.25, 0.3) is 0 Å². The number of hydrogen-bond donors (Lipinski definition) is 3. The third kappa shape index (κ3) is 5.64. The number of urea groups is 1. The maximum absolute atomic E-state index is 12.0. The predicted molar refractivity (Wildman–Crippen MR) is 90.8 cm³/mol. The van der Waals surface area contributed by atoms with E-state index < -0.39 is 0 Å². The zero-order chi connectivity index (χ0) is 16.5. The molecule has 0 spiro atoms. The Morgan fingerprint density at radius 3 is 2.57 bits per heavy atom. The minimum absolute atomic E-state index is 0.123. The molecule has 0 aliphatic carbocycles. The Morgan fingerprint density at radius 1 is 1.13 bits per heavy atom. The first kappa shape index (κ1) is 16.8. The minimum atomic E-state index is -0.293. The van der Waals surface area contributed by atoms with Crippen LogP contribution in [0.2, 0.25) is 0 Å². The van der Waals surface area contributed by atoms with Gasteiger partial charge in [0.2, 0.25) is 0 Å². The number of anilines is 1. The number of ether oxygens (including phenoxy) is 1. The largest absolute Gasteiger partial charge is 0.455 e. The summed E-state index contributed by atoms with van der Waals surface area (Å²) in [6.07, 6.45) is 0.661. The average Bonchev–Trinajstić information content (AvgIpc) is 2.56. The molecule has 0 aliphatic heterocycles. The van der Waals surface area contributed by atoms with E-state index in [1.807, 2.05) is 49.4 Å². The Kier molecular flexibility index (Phi) is 6.44. The van der Waals surface area contributed by atoms with Gasteiger partial charge in [0, 0.05) is 13.2 Å². The zero-order valence-corrected chi connectivity index (χ0v) is 13.2. The van der Waals surface area contributed by atoms with Gasteiger partial charge in [-0.25, -0.2) is 4.79 Å². The van der Waals surface area contributed by atoms with Crippen molar-refractivity contribution in [2.45, 2.75) is 13.3 Å². The summed E-state index contributed by atoms with van der Waals surface area (Å²) in [5.74, 6) is 1.51. The second-order valence-corrected chi connectivity index (χ2v) is 5.36. The molecule has 0 radical (unpaired) electrons. The maximum Gasteiger partial charge on any atom is 0.319 e. The number of carbonyl (C=O) groups excluding carboxylic acids is 1. The Morgan fingerprint density at radius 2 is 1.83 bits per heavy atom. The standard InChI is InChI=1S/C18H22N2O3/c1-14(11-12-21)13-19-18(22)20-16-9-5-6-10-17(16)23-15-7-3-2-4-8-15/h2-10,14,21H,11-13H2,1H3,(H2,19,20,22). The van der Waals surface area contributed by atoms with Crippen LogP contribution in [0.15, 0.2) is 54.6 Å². The number of hydrogen-bond acceptors (Lipinski definition) is 3. The van der Waals surface area contributed by atoms with Gasteiger partial charge in [-0.3, -0.25) is 0 Å². The summed E-state index contributed by atoms with van der Waals surface area (Å²) in [6, 6.07) is 16.4. The van der Waals surface area contributed by atoms with Crippen molar-refractivity contribution in [1.29, 1.82) is 0 Å². The molecule has 3 N–H and O–H groups in total. The smallest absolute Gasteiger partial charge is 0.319 e. The summed E-state index contributed by atoms with van der Waals surface area (Å²) in [5.41, 5.74) is 0.601. The summed E-state index contributed by atoms with van der Waals surface area (Å²) < 4.78 is 5.80. The number of nitrogens with one attached hydrogen (secondary N) is 2. The van der Waals surface area contributed by atoms with Crippen molar-refractivity contribution in [3.05, 3.63) is 54.6 Å². The van der Waals surface area contributed by atoms with Crippen LogP contribution in [0.4, 0.5) is 10.5 Å². The van der Waals surface area contributed by atoms with E-state index in [4.69, 9.17) is 9.84 Å². The summed E-state index contributed by atoms with van der Waals surface area (Å²) in [6.45, 7) is 2.61. The summed E-state index contributed by atoms with van der Waals surface area (Å²) in [4.78, 5) is 12.0. The molecule has 0 bridgehead atoms. The lowest BCUT2D eigenvalue weighted by Gasteiger charge is -2.14. The van der Waals surface area contributed by atoms with E-state index in [1.54, 1.807) is 12.1 Å². The molecule has 0 fully saturated rings. The molecule has 1 atom stereocenters. The zero-order valence-electron chi connectivity index (χ0n) is 13.2. The summed E-state index contributed by atoms with van der Waals surface area (Å²) in [7, 11) is 0. The summed E-state index contributed by atoms with van der Waals surface area (Å²) >= 11 is 0. The van der Waals surface area contributed by atoms with E-state index >= 15 is 0 Å². The van der Waals surface area contributed by atoms with E-state index in [0.29, 0.717) is 30.2 Å². The average molecular weight is 314 g/mol. The van der Waals surface area contributed by atoms with Crippen LogP contribution in [-0.2, 0) is 0 Å². The van der Waals surface area contributed by atoms with Gasteiger partial charge in [-0.05, 0) is 36.6 Å². The van der Waals surface area contributed by atoms with Crippen molar-refractivity contribution in [1.82, 2.24) is 5.32 Å². The van der Waals surface area contributed by atoms with Crippen LogP contribution in [-0.4, -0.2) is 24.3 Å². The molecule has 5 nitrogen and oxygen atoms in total. The number of aliphatic hydroxyl groups excluding tert-OH is 1. The van der Waals surface area contributed by atoms with Crippen LogP contribution in [0.1, 0.15) is 13.3 Å². The monoisotopic (exact) mass is 314 g/mol.